The predicted octanol–water partition coefficient (Wildman–Crippen LogP) is 2.75. The topological polar surface area (TPSA) is 73.4 Å². The summed E-state index contributed by atoms with van der Waals surface area (Å²) in [4.78, 5) is 21.9. The molecule has 3 heterocycles. The van der Waals surface area contributed by atoms with Gasteiger partial charge in [-0.25, -0.2) is 23.8 Å². The zero-order valence-corrected chi connectivity index (χ0v) is 15.5. The van der Waals surface area contributed by atoms with Crippen molar-refractivity contribution in [2.24, 2.45) is 0 Å². The average molecular weight is 426 g/mol. The number of alkyl halides is 3. The van der Waals surface area contributed by atoms with Gasteiger partial charge in [-0.1, -0.05) is 6.07 Å². The summed E-state index contributed by atoms with van der Waals surface area (Å²) in [6, 6.07) is 2.16. The van der Waals surface area contributed by atoms with E-state index in [2.05, 4.69) is 20.9 Å². The highest BCUT2D eigenvalue weighted by Gasteiger charge is 2.39. The fourth-order valence-corrected chi connectivity index (χ4v) is 3.39. The van der Waals surface area contributed by atoms with Crippen LogP contribution < -0.4 is 16.0 Å². The van der Waals surface area contributed by atoms with Gasteiger partial charge in [-0.2, -0.15) is 13.2 Å². The summed E-state index contributed by atoms with van der Waals surface area (Å²) in [5, 5.41) is 1.48. The Balaban J connectivity index is 1.61. The molecule has 0 bridgehead atoms. The smallest absolute Gasteiger partial charge is 0.330 e. The number of hydrogen-bond donors (Lipinski definition) is 2. The monoisotopic (exact) mass is 426 g/mol. The van der Waals surface area contributed by atoms with Gasteiger partial charge in [0.25, 0.3) is 5.91 Å². The maximum absolute atomic E-state index is 14.4. The van der Waals surface area contributed by atoms with Crippen molar-refractivity contribution in [3.8, 4) is 0 Å². The lowest BCUT2D eigenvalue weighted by Crippen LogP contribution is -2.45. The quantitative estimate of drug-likeness (QED) is 0.720. The van der Waals surface area contributed by atoms with Crippen molar-refractivity contribution in [3.05, 3.63) is 64.7 Å². The van der Waals surface area contributed by atoms with Gasteiger partial charge in [-0.3, -0.25) is 4.79 Å². The second-order valence-corrected chi connectivity index (χ2v) is 6.85. The molecule has 158 valence electrons. The molecule has 2 aromatic rings. The lowest BCUT2D eigenvalue weighted by Gasteiger charge is -2.34. The number of carbonyl (C=O) groups is 1. The van der Waals surface area contributed by atoms with Crippen LogP contribution in [0.4, 0.5) is 27.9 Å². The summed E-state index contributed by atoms with van der Waals surface area (Å²) in [5.74, 6) is -2.88. The summed E-state index contributed by atoms with van der Waals surface area (Å²) < 4.78 is 66.4. The molecule has 1 aromatic carbocycles. The number of anilines is 1. The van der Waals surface area contributed by atoms with Gasteiger partial charge in [0.05, 0.1) is 41.5 Å². The third-order valence-electron chi connectivity index (χ3n) is 4.89. The van der Waals surface area contributed by atoms with Crippen LogP contribution in [0.15, 0.2) is 42.0 Å². The van der Waals surface area contributed by atoms with Gasteiger partial charge in [0.15, 0.2) is 5.82 Å². The molecule has 30 heavy (non-hydrogen) atoms. The van der Waals surface area contributed by atoms with Gasteiger partial charge in [0.1, 0.15) is 5.82 Å². The van der Waals surface area contributed by atoms with Crippen molar-refractivity contribution < 1.29 is 26.7 Å². The molecule has 1 atom stereocenters. The van der Waals surface area contributed by atoms with Gasteiger partial charge < -0.3 is 10.3 Å². The Labute approximate surface area is 167 Å². The molecule has 0 radical (unpaired) electrons. The highest BCUT2D eigenvalue weighted by molar-refractivity contribution is 5.95. The molecule has 7 nitrogen and oxygen atoms in total. The van der Waals surface area contributed by atoms with Crippen LogP contribution in [-0.4, -0.2) is 33.4 Å². The molecule has 0 saturated carbocycles. The van der Waals surface area contributed by atoms with Crippen LogP contribution in [0.25, 0.3) is 0 Å². The van der Waals surface area contributed by atoms with E-state index in [0.717, 1.165) is 24.5 Å². The molecule has 12 heteroatoms. The molecule has 2 N–H and O–H groups in total. The first-order chi connectivity index (χ1) is 14.2. The maximum atomic E-state index is 14.4. The molecule has 4 rings (SSSR count). The van der Waals surface area contributed by atoms with Crippen LogP contribution in [0.5, 0.6) is 0 Å². The highest BCUT2D eigenvalue weighted by Crippen LogP contribution is 2.34. The normalized spacial score (nSPS) is 19.1. The number of hydrazine groups is 2. The van der Waals surface area contributed by atoms with Crippen LogP contribution >= 0.6 is 0 Å². The van der Waals surface area contributed by atoms with E-state index in [1.807, 2.05) is 0 Å². The van der Waals surface area contributed by atoms with E-state index in [1.54, 1.807) is 6.92 Å². The van der Waals surface area contributed by atoms with Crippen LogP contribution in [0.2, 0.25) is 0 Å². The molecule has 0 saturated heterocycles. The van der Waals surface area contributed by atoms with E-state index < -0.39 is 40.9 Å². The number of halogens is 5. The number of amides is 1. The molecule has 0 aliphatic carbocycles. The lowest BCUT2D eigenvalue weighted by molar-refractivity contribution is -0.140. The van der Waals surface area contributed by atoms with Crippen LogP contribution in [0.1, 0.15) is 29.3 Å². The number of nitrogens with zero attached hydrogens (tertiary/aromatic N) is 4. The lowest BCUT2D eigenvalue weighted by atomic mass is 10.0. The van der Waals surface area contributed by atoms with Gasteiger partial charge in [-0.05, 0) is 19.1 Å². The average Bonchev–Trinajstić information content (AvgIpc) is 3.09. The molecule has 1 aromatic heterocycles. The van der Waals surface area contributed by atoms with Gasteiger partial charge in [0, 0.05) is 12.5 Å². The summed E-state index contributed by atoms with van der Waals surface area (Å²) in [6.45, 7) is 1.69. The molecule has 1 amide bonds. The van der Waals surface area contributed by atoms with Crippen molar-refractivity contribution in [2.75, 3.05) is 11.6 Å². The molecule has 0 fully saturated rings. The Hall–Kier alpha value is -3.28. The van der Waals surface area contributed by atoms with E-state index in [1.165, 1.54) is 9.91 Å². The van der Waals surface area contributed by atoms with Crippen LogP contribution in [-0.2, 0) is 6.18 Å². The Morgan fingerprint density at radius 2 is 1.90 bits per heavy atom. The predicted molar refractivity (Wildman–Crippen MR) is 94.3 cm³/mol. The minimum atomic E-state index is -4.91. The minimum absolute atomic E-state index is 0.00425. The van der Waals surface area contributed by atoms with Crippen molar-refractivity contribution in [2.45, 2.75) is 25.6 Å². The van der Waals surface area contributed by atoms with Crippen molar-refractivity contribution in [1.82, 2.24) is 25.8 Å². The van der Waals surface area contributed by atoms with Crippen LogP contribution in [0, 0.1) is 11.6 Å². The number of nitrogens with one attached hydrogen (secondary N) is 2. The van der Waals surface area contributed by atoms with Crippen molar-refractivity contribution in [1.29, 1.82) is 0 Å². The number of benzene rings is 1. The largest absolute Gasteiger partial charge is 0.419 e. The van der Waals surface area contributed by atoms with Crippen molar-refractivity contribution >= 4 is 11.9 Å². The molecule has 2 aliphatic rings. The maximum Gasteiger partial charge on any atom is 0.419 e. The second kappa shape index (κ2) is 7.20. The standard InChI is InChI=1S/C18H15F5N6O/c1-9-5-14-13(26-27-29(14)17-24-6-10(19)7-25-17)8-28(9)16(30)11-3-2-4-12(15(11)20)18(21,22)23/h2-4,6-7,9,26-27H,5,8H2,1H3. The number of carbonyl (C=O) groups excluding carboxylic acids is 1. The number of aromatic nitrogens is 2. The first-order valence-electron chi connectivity index (χ1n) is 8.85. The molecule has 2 aliphatic heterocycles. The zero-order chi connectivity index (χ0) is 21.6. The Kier molecular flexibility index (Phi) is 4.80. The fraction of sp³-hybridized carbons (Fsp3) is 0.278. The minimum Gasteiger partial charge on any atom is -0.330 e. The Morgan fingerprint density at radius 3 is 2.57 bits per heavy atom. The third-order valence-corrected chi connectivity index (χ3v) is 4.89. The van der Waals surface area contributed by atoms with E-state index in [9.17, 15) is 26.7 Å². The van der Waals surface area contributed by atoms with E-state index in [-0.39, 0.29) is 18.9 Å². The molecular weight excluding hydrogens is 411 g/mol. The number of hydrogen-bond acceptors (Lipinski definition) is 6. The van der Waals surface area contributed by atoms with Crippen molar-refractivity contribution in [3.63, 3.8) is 0 Å². The van der Waals surface area contributed by atoms with Gasteiger partial charge >= 0.3 is 6.18 Å². The molecule has 0 spiro atoms. The first kappa shape index (κ1) is 20.0. The third kappa shape index (κ3) is 3.43. The fourth-order valence-electron chi connectivity index (χ4n) is 3.39. The number of rotatable bonds is 2. The first-order valence-corrected chi connectivity index (χ1v) is 8.85. The molecular formula is C18H15F5N6O. The Morgan fingerprint density at radius 1 is 1.20 bits per heavy atom. The second-order valence-electron chi connectivity index (χ2n) is 6.85. The highest BCUT2D eigenvalue weighted by atomic mass is 19.4. The Bertz CT molecular complexity index is 1020. The van der Waals surface area contributed by atoms with E-state index in [0.29, 0.717) is 17.5 Å². The van der Waals surface area contributed by atoms with E-state index >= 15 is 0 Å². The SMILES string of the molecule is CC1CC2=C(CN1C(=O)c1cccc(C(F)(F)F)c1F)NNN2c1ncc(F)cn1. The summed E-state index contributed by atoms with van der Waals surface area (Å²) in [5.41, 5.74) is 4.73. The molecule has 1 unspecified atom stereocenters. The van der Waals surface area contributed by atoms with Gasteiger partial charge in [0.2, 0.25) is 5.95 Å². The van der Waals surface area contributed by atoms with Crippen LogP contribution in [0.3, 0.4) is 0 Å². The van der Waals surface area contributed by atoms with E-state index in [4.69, 9.17) is 0 Å². The zero-order valence-electron chi connectivity index (χ0n) is 15.5. The van der Waals surface area contributed by atoms with Gasteiger partial charge in [-0.15, -0.1) is 5.53 Å². The summed E-state index contributed by atoms with van der Waals surface area (Å²) in [6.07, 6.45) is -2.62. The summed E-state index contributed by atoms with van der Waals surface area (Å²) in [7, 11) is 0. The summed E-state index contributed by atoms with van der Waals surface area (Å²) >= 11 is 0.